The van der Waals surface area contributed by atoms with E-state index in [1.165, 1.54) is 74.0 Å². The van der Waals surface area contributed by atoms with Crippen molar-refractivity contribution < 1.29 is 17.9 Å². The van der Waals surface area contributed by atoms with Crippen LogP contribution in [-0.4, -0.2) is 0 Å². The average Bonchev–Trinajstić information content (AvgIpc) is 3.51. The Kier molecular flexibility index (Phi) is 6.65. The fourth-order valence-electron chi connectivity index (χ4n) is 6.53. The molecular weight excluding hydrogens is 522 g/mol. The van der Waals surface area contributed by atoms with Crippen molar-refractivity contribution in [3.63, 3.8) is 0 Å². The average molecular weight is 558 g/mol. The predicted molar refractivity (Wildman–Crippen MR) is 141 cm³/mol. The molecule has 1 aromatic carbocycles. The summed E-state index contributed by atoms with van der Waals surface area (Å²) in [6.45, 7) is 6.81. The maximum absolute atomic E-state index is 7.42. The molecule has 0 aromatic heterocycles. The van der Waals surface area contributed by atoms with Gasteiger partial charge in [0, 0.05) is 5.92 Å². The van der Waals surface area contributed by atoms with Gasteiger partial charge < -0.3 is 0 Å². The first kappa shape index (κ1) is 24.1. The number of rotatable bonds is 2. The SMILES string of the molecule is C[C]1([Zr]([Cl])([Cl])[C]2(C)C=Cc3ccccc32)C=CC2=C1CCCC2.C[C]1C=CC2=C1CCCC2. The molecule has 3 heteroatoms. The van der Waals surface area contributed by atoms with Crippen molar-refractivity contribution in [3.8, 4) is 0 Å². The maximum Gasteiger partial charge on any atom is 0.0197 e. The minimum atomic E-state index is -3.66. The fourth-order valence-corrected chi connectivity index (χ4v) is 17.7. The number of halogens is 2. The molecule has 2 atom stereocenters. The molecule has 1 aromatic rings. The molecule has 173 valence electrons. The van der Waals surface area contributed by atoms with Gasteiger partial charge in [0.15, 0.2) is 0 Å². The molecule has 0 saturated carbocycles. The second-order valence-corrected chi connectivity index (χ2v) is 26.5. The van der Waals surface area contributed by atoms with E-state index < -0.39 is 17.9 Å². The number of hydrogen-bond acceptors (Lipinski definition) is 0. The van der Waals surface area contributed by atoms with Gasteiger partial charge in [-0.25, -0.2) is 0 Å². The molecule has 5 aliphatic carbocycles. The molecule has 1 radical (unpaired) electrons. The van der Waals surface area contributed by atoms with Gasteiger partial charge in [0.1, 0.15) is 0 Å². The minimum absolute atomic E-state index is 0.107. The molecule has 2 unspecified atom stereocenters. The van der Waals surface area contributed by atoms with Crippen LogP contribution in [-0.2, 0) is 21.0 Å². The zero-order valence-corrected chi connectivity index (χ0v) is 24.2. The Morgan fingerprint density at radius 1 is 0.727 bits per heavy atom. The van der Waals surface area contributed by atoms with E-state index in [-0.39, 0.29) is 6.25 Å². The van der Waals surface area contributed by atoms with Crippen molar-refractivity contribution in [2.24, 2.45) is 0 Å². The molecule has 33 heavy (non-hydrogen) atoms. The summed E-state index contributed by atoms with van der Waals surface area (Å²) >= 11 is -3.66. The van der Waals surface area contributed by atoms with E-state index in [4.69, 9.17) is 17.0 Å². The molecule has 5 aliphatic rings. The first-order chi connectivity index (χ1) is 15.8. The van der Waals surface area contributed by atoms with E-state index in [2.05, 4.69) is 81.5 Å². The summed E-state index contributed by atoms with van der Waals surface area (Å²) in [4.78, 5) is 0. The third-order valence-electron chi connectivity index (χ3n) is 8.70. The van der Waals surface area contributed by atoms with Gasteiger partial charge in [0.2, 0.25) is 0 Å². The van der Waals surface area contributed by atoms with Gasteiger partial charge in [-0.15, -0.1) is 0 Å². The van der Waals surface area contributed by atoms with Crippen LogP contribution in [0.5, 0.6) is 0 Å². The summed E-state index contributed by atoms with van der Waals surface area (Å²) in [6.07, 6.45) is 24.1. The Bertz CT molecular complexity index is 1100. The van der Waals surface area contributed by atoms with Crippen LogP contribution in [0.15, 0.2) is 76.9 Å². The Morgan fingerprint density at radius 3 is 2.18 bits per heavy atom. The summed E-state index contributed by atoms with van der Waals surface area (Å²) < 4.78 is -0.294. The maximum atomic E-state index is 7.42. The van der Waals surface area contributed by atoms with Crippen molar-refractivity contribution >= 4 is 23.1 Å². The van der Waals surface area contributed by atoms with Gasteiger partial charge in [-0.05, 0) is 31.3 Å². The third-order valence-corrected chi connectivity index (χ3v) is 26.6. The monoisotopic (exact) mass is 555 g/mol. The molecule has 0 heterocycles. The zero-order chi connectivity index (χ0) is 23.3. The van der Waals surface area contributed by atoms with E-state index in [9.17, 15) is 0 Å². The van der Waals surface area contributed by atoms with Crippen LogP contribution < -0.4 is 0 Å². The Hall–Kier alpha value is -0.617. The van der Waals surface area contributed by atoms with E-state index in [1.807, 2.05) is 0 Å². The molecule has 0 aliphatic heterocycles. The number of fused-ring (bicyclic) bond motifs is 1. The third kappa shape index (κ3) is 3.90. The Morgan fingerprint density at radius 2 is 1.39 bits per heavy atom. The summed E-state index contributed by atoms with van der Waals surface area (Å²) in [6, 6.07) is 8.58. The molecule has 0 nitrogen and oxygen atoms in total. The van der Waals surface area contributed by atoms with Gasteiger partial charge in [0.05, 0.1) is 0 Å². The van der Waals surface area contributed by atoms with Crippen molar-refractivity contribution in [3.05, 3.63) is 94.0 Å². The smallest absolute Gasteiger partial charge is 0.0197 e. The summed E-state index contributed by atoms with van der Waals surface area (Å²) in [5.41, 5.74) is 8.92. The molecule has 0 bridgehead atoms. The fraction of sp³-hybridized carbons (Fsp3) is 0.433. The summed E-state index contributed by atoms with van der Waals surface area (Å²) in [5.74, 6) is 1.51. The first-order valence-corrected chi connectivity index (χ1v) is 21.4. The topological polar surface area (TPSA) is 0 Å². The van der Waals surface area contributed by atoms with Crippen LogP contribution >= 0.6 is 17.0 Å². The number of hydrogen-bond donors (Lipinski definition) is 0. The van der Waals surface area contributed by atoms with Crippen LogP contribution in [0.1, 0.15) is 83.3 Å². The van der Waals surface area contributed by atoms with Crippen molar-refractivity contribution in [1.29, 1.82) is 0 Å². The van der Waals surface area contributed by atoms with Crippen LogP contribution in [0.4, 0.5) is 0 Å². The Labute approximate surface area is 212 Å². The molecule has 0 fully saturated rings. The normalized spacial score (nSPS) is 30.3. The van der Waals surface area contributed by atoms with E-state index in [0.29, 0.717) is 0 Å². The van der Waals surface area contributed by atoms with E-state index in [0.717, 1.165) is 0 Å². The van der Waals surface area contributed by atoms with Crippen molar-refractivity contribution in [2.45, 2.75) is 78.4 Å². The number of benzene rings is 1. The molecule has 0 amide bonds. The Balaban J connectivity index is 0.000000190. The van der Waals surface area contributed by atoms with Crippen LogP contribution in [0.2, 0.25) is 3.12 Å². The zero-order valence-electron chi connectivity index (χ0n) is 20.2. The van der Waals surface area contributed by atoms with Crippen molar-refractivity contribution in [2.75, 3.05) is 0 Å². The largest absolute Gasteiger partial charge is 0.0731 e. The predicted octanol–water partition coefficient (Wildman–Crippen LogP) is 10.0. The second kappa shape index (κ2) is 9.11. The van der Waals surface area contributed by atoms with E-state index >= 15 is 0 Å². The van der Waals surface area contributed by atoms with Crippen LogP contribution in [0.3, 0.4) is 0 Å². The van der Waals surface area contributed by atoms with Gasteiger partial charge >= 0.3 is 152 Å². The van der Waals surface area contributed by atoms with Gasteiger partial charge in [-0.3, -0.25) is 0 Å². The molecular formula is C30H35Cl2Zr. The first-order valence-electron chi connectivity index (χ1n) is 12.6. The minimum Gasteiger partial charge on any atom is -0.0731 e. The summed E-state index contributed by atoms with van der Waals surface area (Å²) in [7, 11) is 14.8. The van der Waals surface area contributed by atoms with Crippen molar-refractivity contribution in [1.82, 2.24) is 0 Å². The second-order valence-electron chi connectivity index (χ2n) is 10.7. The standard InChI is InChI=1S/2C10H13.C10H9.2ClH.Zr/c3*1-8-6-7-9-4-2-3-5-10(8)9;;;/h2*6-7H,2-5H2,1H3;2-7H,1H3;2*1H;/q;;;;;+2/p-2. The van der Waals surface area contributed by atoms with Gasteiger partial charge in [0.25, 0.3) is 0 Å². The molecule has 0 N–H and O–H groups in total. The van der Waals surface area contributed by atoms with Crippen LogP contribution in [0, 0.1) is 5.92 Å². The quantitative estimate of drug-likeness (QED) is 0.339. The van der Waals surface area contributed by atoms with Gasteiger partial charge in [-0.2, -0.15) is 0 Å². The van der Waals surface area contributed by atoms with E-state index in [1.54, 1.807) is 16.7 Å². The summed E-state index contributed by atoms with van der Waals surface area (Å²) in [5, 5.41) is 0. The molecule has 0 spiro atoms. The molecule has 0 saturated heterocycles. The molecule has 6 rings (SSSR count). The van der Waals surface area contributed by atoms with Crippen LogP contribution in [0.25, 0.3) is 6.08 Å². The number of allylic oxidation sites excluding steroid dienone is 9. The van der Waals surface area contributed by atoms with Gasteiger partial charge in [-0.1, -0.05) is 24.6 Å².